The molecule has 6 heteroatoms. The second-order valence-corrected chi connectivity index (χ2v) is 6.78. The van der Waals surface area contributed by atoms with E-state index in [-0.39, 0.29) is 0 Å². The van der Waals surface area contributed by atoms with E-state index >= 15 is 0 Å². The molecule has 0 bridgehead atoms. The molecule has 0 radical (unpaired) electrons. The van der Waals surface area contributed by atoms with Crippen molar-refractivity contribution >= 4 is 34.5 Å². The van der Waals surface area contributed by atoms with E-state index in [1.165, 1.54) is 29.0 Å². The molecule has 23 heavy (non-hydrogen) atoms. The summed E-state index contributed by atoms with van der Waals surface area (Å²) >= 11 is 1.60. The smallest absolute Gasteiger partial charge is 0.143 e. The highest BCUT2D eigenvalue weighted by Crippen LogP contribution is 2.33. The van der Waals surface area contributed by atoms with Crippen molar-refractivity contribution in [1.82, 2.24) is 19.7 Å². The van der Waals surface area contributed by atoms with Gasteiger partial charge in [0.15, 0.2) is 0 Å². The van der Waals surface area contributed by atoms with Crippen LogP contribution in [-0.4, -0.2) is 22.0 Å². The Hall–Kier alpha value is -2.05. The number of anilines is 2. The fourth-order valence-corrected chi connectivity index (χ4v) is 3.78. The molecule has 3 N–H and O–H groups in total. The molecule has 0 amide bonds. The summed E-state index contributed by atoms with van der Waals surface area (Å²) in [7, 11) is 1.92. The number of nitrogens with one attached hydrogen (secondary N) is 3. The topological polar surface area (TPSA) is 65.6 Å². The Morgan fingerprint density at radius 3 is 3.00 bits per heavy atom. The van der Waals surface area contributed by atoms with Gasteiger partial charge in [-0.2, -0.15) is 0 Å². The molecule has 1 aliphatic carbocycles. The molecule has 0 saturated carbocycles. The Labute approximate surface area is 139 Å². The van der Waals surface area contributed by atoms with Crippen molar-refractivity contribution in [1.29, 1.82) is 0 Å². The van der Waals surface area contributed by atoms with Gasteiger partial charge in [0.05, 0.1) is 5.39 Å². The highest BCUT2D eigenvalue weighted by atomic mass is 32.2. The summed E-state index contributed by atoms with van der Waals surface area (Å²) in [5, 5.41) is 4.62. The van der Waals surface area contributed by atoms with E-state index in [0.29, 0.717) is 0 Å². The molecule has 3 aromatic rings. The van der Waals surface area contributed by atoms with E-state index in [0.717, 1.165) is 35.4 Å². The normalized spacial score (nSPS) is 14.0. The maximum atomic E-state index is 4.49. The molecule has 2 heterocycles. The van der Waals surface area contributed by atoms with Crippen molar-refractivity contribution in [3.05, 3.63) is 41.9 Å². The number of H-pyrrole nitrogens is 1. The zero-order chi connectivity index (χ0) is 15.6. The van der Waals surface area contributed by atoms with Gasteiger partial charge in [0.2, 0.25) is 0 Å². The van der Waals surface area contributed by atoms with Gasteiger partial charge < -0.3 is 10.3 Å². The minimum Gasteiger partial charge on any atom is -0.343 e. The van der Waals surface area contributed by atoms with Gasteiger partial charge in [0.25, 0.3) is 0 Å². The summed E-state index contributed by atoms with van der Waals surface area (Å²) in [4.78, 5) is 13.5. The lowest BCUT2D eigenvalue weighted by Crippen LogP contribution is -2.01. The molecule has 2 aromatic heterocycles. The van der Waals surface area contributed by atoms with E-state index in [2.05, 4.69) is 43.2 Å². The SMILES string of the molecule is CNSc1cccc(Nc2ncnc3[nH]c4c(c23)CCCC4)c1. The van der Waals surface area contributed by atoms with Crippen molar-refractivity contribution in [3.63, 3.8) is 0 Å². The number of benzene rings is 1. The highest BCUT2D eigenvalue weighted by Gasteiger charge is 2.19. The summed E-state index contributed by atoms with van der Waals surface area (Å²) in [6.45, 7) is 0. The zero-order valence-electron chi connectivity index (χ0n) is 13.0. The Balaban J connectivity index is 1.74. The van der Waals surface area contributed by atoms with Gasteiger partial charge in [-0.05, 0) is 68.4 Å². The summed E-state index contributed by atoms with van der Waals surface area (Å²) in [6.07, 6.45) is 6.33. The third-order valence-corrected chi connectivity index (χ3v) is 4.90. The van der Waals surface area contributed by atoms with Crippen LogP contribution in [0.25, 0.3) is 11.0 Å². The average molecular weight is 325 g/mol. The van der Waals surface area contributed by atoms with Crippen LogP contribution >= 0.6 is 11.9 Å². The summed E-state index contributed by atoms with van der Waals surface area (Å²) < 4.78 is 3.10. The zero-order valence-corrected chi connectivity index (χ0v) is 13.8. The maximum absolute atomic E-state index is 4.49. The van der Waals surface area contributed by atoms with Crippen LogP contribution in [0, 0.1) is 0 Å². The summed E-state index contributed by atoms with van der Waals surface area (Å²) in [5.74, 6) is 0.890. The number of aromatic amines is 1. The van der Waals surface area contributed by atoms with Crippen molar-refractivity contribution in [2.24, 2.45) is 0 Å². The van der Waals surface area contributed by atoms with E-state index in [1.807, 2.05) is 13.1 Å². The van der Waals surface area contributed by atoms with Crippen LogP contribution in [-0.2, 0) is 12.8 Å². The molecule has 4 rings (SSSR count). The summed E-state index contributed by atoms with van der Waals surface area (Å²) in [5.41, 5.74) is 4.69. The highest BCUT2D eigenvalue weighted by molar-refractivity contribution is 7.97. The molecule has 118 valence electrons. The molecule has 0 aliphatic heterocycles. The Morgan fingerprint density at radius 1 is 1.17 bits per heavy atom. The van der Waals surface area contributed by atoms with Crippen LogP contribution in [0.3, 0.4) is 0 Å². The Kier molecular flexibility index (Phi) is 3.93. The van der Waals surface area contributed by atoms with Gasteiger partial charge in [0, 0.05) is 16.3 Å². The van der Waals surface area contributed by atoms with Crippen LogP contribution in [0.1, 0.15) is 24.1 Å². The van der Waals surface area contributed by atoms with Crippen LogP contribution in [0.2, 0.25) is 0 Å². The van der Waals surface area contributed by atoms with E-state index < -0.39 is 0 Å². The van der Waals surface area contributed by atoms with Gasteiger partial charge in [-0.3, -0.25) is 4.72 Å². The van der Waals surface area contributed by atoms with Crippen molar-refractivity contribution in [2.45, 2.75) is 30.6 Å². The molecule has 0 spiro atoms. The number of hydrogen-bond acceptors (Lipinski definition) is 5. The molecule has 0 atom stereocenters. The van der Waals surface area contributed by atoms with Crippen LogP contribution in [0.5, 0.6) is 0 Å². The Morgan fingerprint density at radius 2 is 2.09 bits per heavy atom. The predicted molar refractivity (Wildman–Crippen MR) is 95.2 cm³/mol. The first-order valence-corrected chi connectivity index (χ1v) is 8.72. The van der Waals surface area contributed by atoms with Crippen molar-refractivity contribution in [2.75, 3.05) is 12.4 Å². The largest absolute Gasteiger partial charge is 0.343 e. The molecular weight excluding hydrogens is 306 g/mol. The van der Waals surface area contributed by atoms with Gasteiger partial charge in [-0.25, -0.2) is 9.97 Å². The van der Waals surface area contributed by atoms with Crippen LogP contribution in [0.15, 0.2) is 35.5 Å². The third-order valence-electron chi connectivity index (χ3n) is 4.20. The first-order chi connectivity index (χ1) is 11.3. The fourth-order valence-electron chi connectivity index (χ4n) is 3.21. The number of hydrogen-bond donors (Lipinski definition) is 3. The number of aromatic nitrogens is 3. The van der Waals surface area contributed by atoms with Gasteiger partial charge in [0.1, 0.15) is 17.8 Å². The number of rotatable bonds is 4. The van der Waals surface area contributed by atoms with Crippen LogP contribution < -0.4 is 10.0 Å². The molecule has 0 unspecified atom stereocenters. The van der Waals surface area contributed by atoms with Gasteiger partial charge >= 0.3 is 0 Å². The monoisotopic (exact) mass is 325 g/mol. The predicted octanol–water partition coefficient (Wildman–Crippen LogP) is 3.81. The van der Waals surface area contributed by atoms with E-state index in [4.69, 9.17) is 0 Å². The lowest BCUT2D eigenvalue weighted by atomic mass is 9.96. The van der Waals surface area contributed by atoms with Crippen molar-refractivity contribution < 1.29 is 0 Å². The van der Waals surface area contributed by atoms with Gasteiger partial charge in [-0.1, -0.05) is 6.07 Å². The standard InChI is InChI=1S/C17H19N5S/c1-18-23-12-6-4-5-11(9-12)21-16-15-13-7-2-3-8-14(13)22-17(15)20-10-19-16/h4-6,9-10,18H,2-3,7-8H2,1H3,(H2,19,20,21,22). The molecule has 0 saturated heterocycles. The number of aryl methyl sites for hydroxylation is 2. The van der Waals surface area contributed by atoms with Crippen molar-refractivity contribution in [3.8, 4) is 0 Å². The lowest BCUT2D eigenvalue weighted by molar-refractivity contribution is 0.680. The number of nitrogens with zero attached hydrogens (tertiary/aromatic N) is 2. The number of fused-ring (bicyclic) bond motifs is 3. The first-order valence-electron chi connectivity index (χ1n) is 7.90. The molecule has 0 fully saturated rings. The minimum absolute atomic E-state index is 0.890. The summed E-state index contributed by atoms with van der Waals surface area (Å²) in [6, 6.07) is 8.31. The quantitative estimate of drug-likeness (QED) is 0.637. The third kappa shape index (κ3) is 2.80. The molecule has 1 aliphatic rings. The Bertz CT molecular complexity index is 842. The molecule has 5 nitrogen and oxygen atoms in total. The molecular formula is C17H19N5S. The second kappa shape index (κ2) is 6.22. The maximum Gasteiger partial charge on any atom is 0.143 e. The molecule has 1 aromatic carbocycles. The lowest BCUT2D eigenvalue weighted by Gasteiger charge is -2.12. The fraction of sp³-hybridized carbons (Fsp3) is 0.294. The average Bonchev–Trinajstić information content (AvgIpc) is 2.95. The second-order valence-electron chi connectivity index (χ2n) is 5.69. The van der Waals surface area contributed by atoms with E-state index in [9.17, 15) is 0 Å². The first kappa shape index (κ1) is 14.5. The van der Waals surface area contributed by atoms with Crippen LogP contribution in [0.4, 0.5) is 11.5 Å². The van der Waals surface area contributed by atoms with Gasteiger partial charge in [-0.15, -0.1) is 0 Å². The van der Waals surface area contributed by atoms with E-state index in [1.54, 1.807) is 18.3 Å². The minimum atomic E-state index is 0.890.